The van der Waals surface area contributed by atoms with Gasteiger partial charge >= 0.3 is 5.97 Å². The van der Waals surface area contributed by atoms with Gasteiger partial charge in [0.2, 0.25) is 0 Å². The summed E-state index contributed by atoms with van der Waals surface area (Å²) in [5, 5.41) is 0. The fourth-order valence-corrected chi connectivity index (χ4v) is 2.59. The molecule has 0 radical (unpaired) electrons. The predicted molar refractivity (Wildman–Crippen MR) is 101 cm³/mol. The lowest BCUT2D eigenvalue weighted by molar-refractivity contribution is -0.147. The summed E-state index contributed by atoms with van der Waals surface area (Å²) in [7, 11) is 0. The molecule has 0 saturated heterocycles. The molecule has 0 spiro atoms. The van der Waals surface area contributed by atoms with Crippen molar-refractivity contribution in [1.82, 2.24) is 0 Å². The monoisotopic (exact) mass is 338 g/mol. The van der Waals surface area contributed by atoms with Gasteiger partial charge in [-0.3, -0.25) is 9.59 Å². The van der Waals surface area contributed by atoms with Crippen LogP contribution in [0.2, 0.25) is 0 Å². The average molecular weight is 339 g/mol. The van der Waals surface area contributed by atoms with Gasteiger partial charge in [-0.05, 0) is 39.0 Å². The van der Waals surface area contributed by atoms with Crippen molar-refractivity contribution in [2.24, 2.45) is 0 Å². The van der Waals surface area contributed by atoms with Crippen molar-refractivity contribution >= 4 is 11.8 Å². The number of Topliss-reactive ketones (excluding diaryl/α,β-unsaturated/α-hetero) is 1. The van der Waals surface area contributed by atoms with Gasteiger partial charge < -0.3 is 4.74 Å². The van der Waals surface area contributed by atoms with Crippen LogP contribution in [0.1, 0.15) is 104 Å². The van der Waals surface area contributed by atoms with Crippen LogP contribution in [0.15, 0.2) is 12.2 Å². The molecule has 3 nitrogen and oxygen atoms in total. The van der Waals surface area contributed by atoms with Gasteiger partial charge in [0.25, 0.3) is 0 Å². The molecule has 0 fully saturated rings. The number of unbranched alkanes of at least 4 members (excludes halogenated alkanes) is 11. The second-order valence-corrected chi connectivity index (χ2v) is 6.70. The summed E-state index contributed by atoms with van der Waals surface area (Å²) < 4.78 is 4.82. The van der Waals surface area contributed by atoms with Gasteiger partial charge in [-0.15, -0.1) is 0 Å². The topological polar surface area (TPSA) is 43.4 Å². The maximum Gasteiger partial charge on any atom is 0.306 e. The average Bonchev–Trinajstić information content (AvgIpc) is 2.56. The van der Waals surface area contributed by atoms with E-state index in [0.29, 0.717) is 6.42 Å². The van der Waals surface area contributed by atoms with E-state index in [1.807, 2.05) is 0 Å². The minimum Gasteiger partial charge on any atom is -0.458 e. The molecule has 0 aromatic heterocycles. The van der Waals surface area contributed by atoms with Crippen LogP contribution in [-0.4, -0.2) is 18.4 Å². The van der Waals surface area contributed by atoms with Gasteiger partial charge in [-0.2, -0.15) is 0 Å². The van der Waals surface area contributed by atoms with Gasteiger partial charge in [-0.25, -0.2) is 0 Å². The van der Waals surface area contributed by atoms with Crippen LogP contribution in [0.5, 0.6) is 0 Å². The second-order valence-electron chi connectivity index (χ2n) is 6.70. The molecule has 0 aromatic rings. The van der Waals surface area contributed by atoms with E-state index in [9.17, 15) is 9.59 Å². The van der Waals surface area contributed by atoms with E-state index in [2.05, 4.69) is 19.1 Å². The van der Waals surface area contributed by atoms with Crippen molar-refractivity contribution in [3.05, 3.63) is 12.2 Å². The van der Waals surface area contributed by atoms with E-state index >= 15 is 0 Å². The minimum atomic E-state index is -0.247. The predicted octanol–water partition coefficient (Wildman–Crippen LogP) is 6.16. The van der Waals surface area contributed by atoms with Crippen molar-refractivity contribution in [3.8, 4) is 0 Å². The zero-order valence-corrected chi connectivity index (χ0v) is 16.0. The summed E-state index contributed by atoms with van der Waals surface area (Å²) in [4.78, 5) is 22.0. The van der Waals surface area contributed by atoms with E-state index in [1.54, 1.807) is 0 Å². The number of rotatable bonds is 17. The number of hydrogen-bond donors (Lipinski definition) is 0. The molecule has 140 valence electrons. The van der Waals surface area contributed by atoms with Crippen LogP contribution in [0.25, 0.3) is 0 Å². The lowest BCUT2D eigenvalue weighted by Crippen LogP contribution is -2.10. The number of carbonyl (C=O) groups is 2. The maximum absolute atomic E-state index is 11.3. The van der Waals surface area contributed by atoms with Crippen molar-refractivity contribution in [3.63, 3.8) is 0 Å². The molecule has 0 N–H and O–H groups in total. The molecule has 0 aliphatic rings. The first-order valence-electron chi connectivity index (χ1n) is 9.97. The second kappa shape index (κ2) is 18.2. The van der Waals surface area contributed by atoms with E-state index in [4.69, 9.17) is 4.74 Å². The first-order chi connectivity index (χ1) is 11.7. The molecule has 0 heterocycles. The summed E-state index contributed by atoms with van der Waals surface area (Å²) in [5.41, 5.74) is 0. The van der Waals surface area contributed by atoms with Gasteiger partial charge in [0.1, 0.15) is 6.61 Å². The third-order valence-corrected chi connectivity index (χ3v) is 4.08. The highest BCUT2D eigenvalue weighted by atomic mass is 16.5. The molecule has 0 rings (SSSR count). The Labute approximate surface area is 149 Å². The van der Waals surface area contributed by atoms with Crippen molar-refractivity contribution in [2.45, 2.75) is 104 Å². The first-order valence-corrected chi connectivity index (χ1v) is 9.97. The van der Waals surface area contributed by atoms with E-state index in [0.717, 1.165) is 12.8 Å². The number of esters is 1. The molecule has 0 aliphatic carbocycles. The Hall–Kier alpha value is -1.12. The highest BCUT2D eigenvalue weighted by Gasteiger charge is 2.03. The first kappa shape index (κ1) is 22.9. The Morgan fingerprint density at radius 3 is 1.79 bits per heavy atom. The third kappa shape index (κ3) is 18.9. The van der Waals surface area contributed by atoms with Crippen LogP contribution in [0.4, 0.5) is 0 Å². The standard InChI is InChI=1S/C21H38O3/c1-3-4-5-6-7-8-9-10-11-12-13-14-15-16-17-18-21(23)24-19-20(2)22/h10-11H,3-9,12-19H2,1-2H3/b11-10-. The molecule has 0 atom stereocenters. The van der Waals surface area contributed by atoms with E-state index in [-0.39, 0.29) is 18.4 Å². The zero-order valence-electron chi connectivity index (χ0n) is 16.0. The Kier molecular flexibility index (Phi) is 17.4. The smallest absolute Gasteiger partial charge is 0.306 e. The fourth-order valence-electron chi connectivity index (χ4n) is 2.59. The Balaban J connectivity index is 3.20. The van der Waals surface area contributed by atoms with Gasteiger partial charge in [0, 0.05) is 6.42 Å². The summed E-state index contributed by atoms with van der Waals surface area (Å²) in [5.74, 6) is -0.351. The van der Waals surface area contributed by atoms with E-state index in [1.165, 1.54) is 77.6 Å². The Morgan fingerprint density at radius 1 is 0.750 bits per heavy atom. The summed E-state index contributed by atoms with van der Waals surface area (Å²) >= 11 is 0. The number of ether oxygens (including phenoxy) is 1. The quantitative estimate of drug-likeness (QED) is 0.181. The molecule has 0 bridgehead atoms. The highest BCUT2D eigenvalue weighted by molar-refractivity contribution is 5.80. The maximum atomic E-state index is 11.3. The molecule has 0 aliphatic heterocycles. The van der Waals surface area contributed by atoms with Crippen LogP contribution in [0, 0.1) is 0 Å². The van der Waals surface area contributed by atoms with Crippen LogP contribution in [-0.2, 0) is 14.3 Å². The molecule has 0 unspecified atom stereocenters. The van der Waals surface area contributed by atoms with Gasteiger partial charge in [0.15, 0.2) is 5.78 Å². The summed E-state index contributed by atoms with van der Waals surface area (Å²) in [6.07, 6.45) is 21.3. The van der Waals surface area contributed by atoms with Crippen molar-refractivity contribution in [2.75, 3.05) is 6.61 Å². The van der Waals surface area contributed by atoms with Gasteiger partial charge in [0.05, 0.1) is 0 Å². The summed E-state index contributed by atoms with van der Waals surface area (Å²) in [6.45, 7) is 3.60. The normalized spacial score (nSPS) is 11.1. The molecular weight excluding hydrogens is 300 g/mol. The minimum absolute atomic E-state index is 0.0795. The number of allylic oxidation sites excluding steroid dienone is 2. The SMILES string of the molecule is CCCCCCCC/C=C\CCCCCCCC(=O)OCC(C)=O. The Bertz CT molecular complexity index is 334. The Morgan fingerprint density at radius 2 is 1.25 bits per heavy atom. The van der Waals surface area contributed by atoms with Gasteiger partial charge in [-0.1, -0.05) is 70.4 Å². The molecule has 0 amide bonds. The van der Waals surface area contributed by atoms with E-state index < -0.39 is 0 Å². The van der Waals surface area contributed by atoms with Crippen LogP contribution < -0.4 is 0 Å². The molecule has 24 heavy (non-hydrogen) atoms. The molecule has 3 heteroatoms. The fraction of sp³-hybridized carbons (Fsp3) is 0.810. The molecule has 0 saturated carbocycles. The van der Waals surface area contributed by atoms with Crippen LogP contribution in [0.3, 0.4) is 0 Å². The van der Waals surface area contributed by atoms with Crippen molar-refractivity contribution in [1.29, 1.82) is 0 Å². The molecule has 0 aromatic carbocycles. The molecular formula is C21H38O3. The number of ketones is 1. The highest BCUT2D eigenvalue weighted by Crippen LogP contribution is 2.10. The van der Waals surface area contributed by atoms with Crippen LogP contribution >= 0.6 is 0 Å². The third-order valence-electron chi connectivity index (χ3n) is 4.08. The summed E-state index contributed by atoms with van der Waals surface area (Å²) in [6, 6.07) is 0. The lowest BCUT2D eigenvalue weighted by atomic mass is 10.1. The number of hydrogen-bond acceptors (Lipinski definition) is 3. The number of carbonyl (C=O) groups excluding carboxylic acids is 2. The zero-order chi connectivity index (χ0) is 17.9. The van der Waals surface area contributed by atoms with Crippen molar-refractivity contribution < 1.29 is 14.3 Å². The largest absolute Gasteiger partial charge is 0.458 e. The lowest BCUT2D eigenvalue weighted by Gasteiger charge is -2.02.